The van der Waals surface area contributed by atoms with E-state index >= 15 is 0 Å². The number of halogens is 1. The van der Waals surface area contributed by atoms with Crippen molar-refractivity contribution in [1.29, 1.82) is 0 Å². The van der Waals surface area contributed by atoms with E-state index in [2.05, 4.69) is 21.2 Å². The first-order valence-corrected chi connectivity index (χ1v) is 7.72. The molecule has 0 aliphatic heterocycles. The van der Waals surface area contributed by atoms with Crippen LogP contribution in [-0.2, 0) is 0 Å². The minimum atomic E-state index is -0.411. The van der Waals surface area contributed by atoms with Crippen molar-refractivity contribution in [3.63, 3.8) is 0 Å². The molecule has 1 aliphatic carbocycles. The van der Waals surface area contributed by atoms with Gasteiger partial charge in [0.15, 0.2) is 0 Å². The summed E-state index contributed by atoms with van der Waals surface area (Å²) in [6.07, 6.45) is 7.48. The van der Waals surface area contributed by atoms with Gasteiger partial charge in [-0.15, -0.1) is 0 Å². The molecule has 2 rings (SSSR count). The number of hydrogen-bond acceptors (Lipinski definition) is 2. The fourth-order valence-electron chi connectivity index (χ4n) is 2.59. The van der Waals surface area contributed by atoms with Crippen LogP contribution in [-0.4, -0.2) is 17.7 Å². The standard InChI is InChI=1S/C15H22BrNO/c16-13-7-5-6-12(10-13)15(18)11-17-14-8-3-1-2-4-9-14/h5-7,10,14-15,17-18H,1-4,8-9,11H2. The molecule has 1 unspecified atom stereocenters. The van der Waals surface area contributed by atoms with E-state index < -0.39 is 6.10 Å². The molecule has 1 atom stereocenters. The predicted octanol–water partition coefficient (Wildman–Crippen LogP) is 3.79. The minimum Gasteiger partial charge on any atom is -0.387 e. The summed E-state index contributed by atoms with van der Waals surface area (Å²) in [4.78, 5) is 0. The maximum absolute atomic E-state index is 10.2. The Morgan fingerprint density at radius 3 is 2.61 bits per heavy atom. The van der Waals surface area contributed by atoms with Crippen LogP contribution >= 0.6 is 15.9 Å². The van der Waals surface area contributed by atoms with Crippen molar-refractivity contribution >= 4 is 15.9 Å². The second-order valence-corrected chi connectivity index (χ2v) is 6.08. The number of hydrogen-bond donors (Lipinski definition) is 2. The van der Waals surface area contributed by atoms with E-state index in [1.54, 1.807) is 0 Å². The summed E-state index contributed by atoms with van der Waals surface area (Å²) in [6.45, 7) is 0.654. The van der Waals surface area contributed by atoms with Crippen molar-refractivity contribution in [2.45, 2.75) is 50.7 Å². The average Bonchev–Trinajstić information content (AvgIpc) is 2.64. The van der Waals surface area contributed by atoms with Crippen LogP contribution in [0.5, 0.6) is 0 Å². The van der Waals surface area contributed by atoms with Crippen LogP contribution in [0, 0.1) is 0 Å². The third-order valence-corrected chi connectivity index (χ3v) is 4.18. The van der Waals surface area contributed by atoms with Gasteiger partial charge in [0.05, 0.1) is 6.10 Å². The van der Waals surface area contributed by atoms with Gasteiger partial charge in [0.1, 0.15) is 0 Å². The Kier molecular flexibility index (Phi) is 5.67. The van der Waals surface area contributed by atoms with Crippen molar-refractivity contribution in [3.05, 3.63) is 34.3 Å². The van der Waals surface area contributed by atoms with Gasteiger partial charge in [-0.2, -0.15) is 0 Å². The monoisotopic (exact) mass is 311 g/mol. The lowest BCUT2D eigenvalue weighted by Gasteiger charge is -2.19. The van der Waals surface area contributed by atoms with E-state index in [1.165, 1.54) is 38.5 Å². The maximum Gasteiger partial charge on any atom is 0.0914 e. The Bertz CT molecular complexity index is 361. The molecule has 1 fully saturated rings. The SMILES string of the molecule is OC(CNC1CCCCCC1)c1cccc(Br)c1. The molecular weight excluding hydrogens is 290 g/mol. The Labute approximate surface area is 118 Å². The molecule has 1 aromatic rings. The first kappa shape index (κ1) is 14.0. The molecule has 1 aliphatic rings. The highest BCUT2D eigenvalue weighted by molar-refractivity contribution is 9.10. The molecule has 0 saturated heterocycles. The van der Waals surface area contributed by atoms with E-state index in [0.717, 1.165) is 10.0 Å². The summed E-state index contributed by atoms with van der Waals surface area (Å²) in [7, 11) is 0. The molecule has 0 bridgehead atoms. The molecule has 0 amide bonds. The van der Waals surface area contributed by atoms with Gasteiger partial charge in [-0.3, -0.25) is 0 Å². The smallest absolute Gasteiger partial charge is 0.0914 e. The van der Waals surface area contributed by atoms with Gasteiger partial charge in [-0.1, -0.05) is 53.7 Å². The molecule has 18 heavy (non-hydrogen) atoms. The quantitative estimate of drug-likeness (QED) is 0.829. The van der Waals surface area contributed by atoms with Gasteiger partial charge in [0.2, 0.25) is 0 Å². The minimum absolute atomic E-state index is 0.411. The molecule has 2 nitrogen and oxygen atoms in total. The van der Waals surface area contributed by atoms with Crippen molar-refractivity contribution in [3.8, 4) is 0 Å². The first-order chi connectivity index (χ1) is 8.75. The average molecular weight is 312 g/mol. The van der Waals surface area contributed by atoms with Crippen molar-refractivity contribution in [2.24, 2.45) is 0 Å². The van der Waals surface area contributed by atoms with Gasteiger partial charge >= 0.3 is 0 Å². The highest BCUT2D eigenvalue weighted by Crippen LogP contribution is 2.20. The Balaban J connectivity index is 1.82. The fourth-order valence-corrected chi connectivity index (χ4v) is 3.01. The zero-order valence-electron chi connectivity index (χ0n) is 10.7. The zero-order chi connectivity index (χ0) is 12.8. The summed E-state index contributed by atoms with van der Waals surface area (Å²) in [5, 5.41) is 13.7. The number of nitrogens with one attached hydrogen (secondary N) is 1. The molecule has 0 aromatic heterocycles. The van der Waals surface area contributed by atoms with E-state index in [0.29, 0.717) is 12.6 Å². The molecule has 0 heterocycles. The molecule has 0 spiro atoms. The molecule has 0 radical (unpaired) electrons. The van der Waals surface area contributed by atoms with Crippen LogP contribution in [0.25, 0.3) is 0 Å². The van der Waals surface area contributed by atoms with Crippen molar-refractivity contribution in [1.82, 2.24) is 5.32 Å². The fraction of sp³-hybridized carbons (Fsp3) is 0.600. The largest absolute Gasteiger partial charge is 0.387 e. The van der Waals surface area contributed by atoms with Crippen LogP contribution < -0.4 is 5.32 Å². The number of aliphatic hydroxyl groups is 1. The summed E-state index contributed by atoms with van der Waals surface area (Å²) < 4.78 is 1.02. The molecule has 3 heteroatoms. The van der Waals surface area contributed by atoms with Crippen molar-refractivity contribution < 1.29 is 5.11 Å². The third kappa shape index (κ3) is 4.38. The Morgan fingerprint density at radius 1 is 1.22 bits per heavy atom. The van der Waals surface area contributed by atoms with Gasteiger partial charge in [0, 0.05) is 17.1 Å². The second kappa shape index (κ2) is 7.27. The summed E-state index contributed by atoms with van der Waals surface area (Å²) in [5.74, 6) is 0. The van der Waals surface area contributed by atoms with Gasteiger partial charge in [-0.05, 0) is 30.5 Å². The Hall–Kier alpha value is -0.380. The lowest BCUT2D eigenvalue weighted by atomic mass is 10.1. The van der Waals surface area contributed by atoms with Crippen LogP contribution in [0.2, 0.25) is 0 Å². The molecule has 1 aromatic carbocycles. The zero-order valence-corrected chi connectivity index (χ0v) is 12.3. The van der Waals surface area contributed by atoms with E-state index in [1.807, 2.05) is 24.3 Å². The first-order valence-electron chi connectivity index (χ1n) is 6.92. The number of aliphatic hydroxyl groups excluding tert-OH is 1. The lowest BCUT2D eigenvalue weighted by Crippen LogP contribution is -2.32. The summed E-state index contributed by atoms with van der Waals surface area (Å²) >= 11 is 3.44. The Morgan fingerprint density at radius 2 is 1.94 bits per heavy atom. The highest BCUT2D eigenvalue weighted by atomic mass is 79.9. The van der Waals surface area contributed by atoms with Gasteiger partial charge < -0.3 is 10.4 Å². The van der Waals surface area contributed by atoms with E-state index in [4.69, 9.17) is 0 Å². The number of benzene rings is 1. The second-order valence-electron chi connectivity index (χ2n) is 5.17. The van der Waals surface area contributed by atoms with Gasteiger partial charge in [-0.25, -0.2) is 0 Å². The van der Waals surface area contributed by atoms with Crippen molar-refractivity contribution in [2.75, 3.05) is 6.54 Å². The lowest BCUT2D eigenvalue weighted by molar-refractivity contribution is 0.168. The van der Waals surface area contributed by atoms with Crippen LogP contribution in [0.1, 0.15) is 50.2 Å². The van der Waals surface area contributed by atoms with Crippen LogP contribution in [0.4, 0.5) is 0 Å². The summed E-state index contributed by atoms with van der Waals surface area (Å²) in [5.41, 5.74) is 0.977. The topological polar surface area (TPSA) is 32.3 Å². The third-order valence-electron chi connectivity index (χ3n) is 3.69. The predicted molar refractivity (Wildman–Crippen MR) is 78.6 cm³/mol. The normalized spacial score (nSPS) is 19.4. The number of rotatable bonds is 4. The van der Waals surface area contributed by atoms with Crippen LogP contribution in [0.3, 0.4) is 0 Å². The van der Waals surface area contributed by atoms with Gasteiger partial charge in [0.25, 0.3) is 0 Å². The van der Waals surface area contributed by atoms with E-state index in [9.17, 15) is 5.11 Å². The molecule has 1 saturated carbocycles. The van der Waals surface area contributed by atoms with Crippen LogP contribution in [0.15, 0.2) is 28.7 Å². The molecule has 100 valence electrons. The van der Waals surface area contributed by atoms with E-state index in [-0.39, 0.29) is 0 Å². The molecule has 2 N–H and O–H groups in total. The molecular formula is C15H22BrNO. The summed E-state index contributed by atoms with van der Waals surface area (Å²) in [6, 6.07) is 8.50. The maximum atomic E-state index is 10.2. The highest BCUT2D eigenvalue weighted by Gasteiger charge is 2.14.